The number of rotatable bonds is 7. The fourth-order valence-electron chi connectivity index (χ4n) is 2.37. The normalized spacial score (nSPS) is 18.7. The Morgan fingerprint density at radius 3 is 2.71 bits per heavy atom. The molecule has 7 heteroatoms. The first-order chi connectivity index (χ1) is 9.56. The van der Waals surface area contributed by atoms with Crippen LogP contribution in [0.5, 0.6) is 0 Å². The van der Waals surface area contributed by atoms with Crippen LogP contribution in [0.25, 0.3) is 0 Å². The van der Waals surface area contributed by atoms with E-state index in [1.54, 1.807) is 7.05 Å². The van der Waals surface area contributed by atoms with Crippen molar-refractivity contribution in [3.8, 4) is 0 Å². The third-order valence-corrected chi connectivity index (χ3v) is 3.65. The number of amides is 2. The maximum atomic E-state index is 12.1. The lowest BCUT2D eigenvalue weighted by Gasteiger charge is -2.32. The third-order valence-electron chi connectivity index (χ3n) is 3.65. The molecule has 0 aromatic rings. The molecule has 2 N–H and O–H groups in total. The predicted molar refractivity (Wildman–Crippen MR) is 86.7 cm³/mol. The number of carbonyl (C=O) groups excluding carboxylic acids is 2. The summed E-state index contributed by atoms with van der Waals surface area (Å²) in [6.45, 7) is 5.07. The van der Waals surface area contributed by atoms with E-state index in [0.717, 1.165) is 32.4 Å². The Hall–Kier alpha value is -0.850. The molecule has 1 atom stereocenters. The van der Waals surface area contributed by atoms with Gasteiger partial charge in [-0.25, -0.2) is 0 Å². The zero-order chi connectivity index (χ0) is 15.0. The molecule has 1 aliphatic rings. The average molecular weight is 321 g/mol. The van der Waals surface area contributed by atoms with Gasteiger partial charge in [-0.2, -0.15) is 0 Å². The smallest absolute Gasteiger partial charge is 0.239 e. The van der Waals surface area contributed by atoms with Crippen LogP contribution in [0.2, 0.25) is 0 Å². The van der Waals surface area contributed by atoms with Crippen LogP contribution in [-0.2, 0) is 9.59 Å². The molecule has 2 amide bonds. The number of likely N-dealkylation sites (tertiary alicyclic amines) is 1. The molecule has 0 radical (unpaired) electrons. The van der Waals surface area contributed by atoms with Crippen molar-refractivity contribution in [1.29, 1.82) is 0 Å². The molecule has 1 aliphatic heterocycles. The first-order valence-electron chi connectivity index (χ1n) is 7.47. The van der Waals surface area contributed by atoms with Gasteiger partial charge in [-0.05, 0) is 32.9 Å². The second-order valence-electron chi connectivity index (χ2n) is 5.46. The SMILES string of the molecule is CCCNC(=O)CN(C)C(=O)CN1CCCC(NC)C1.Cl. The highest BCUT2D eigenvalue weighted by atomic mass is 35.5. The third kappa shape index (κ3) is 7.64. The van der Waals surface area contributed by atoms with Crippen molar-refractivity contribution in [3.05, 3.63) is 0 Å². The second kappa shape index (κ2) is 10.8. The molecule has 0 aliphatic carbocycles. The van der Waals surface area contributed by atoms with Crippen LogP contribution in [0.4, 0.5) is 0 Å². The number of nitrogens with zero attached hydrogens (tertiary/aromatic N) is 2. The maximum absolute atomic E-state index is 12.1. The van der Waals surface area contributed by atoms with Crippen molar-refractivity contribution in [2.75, 3.05) is 46.8 Å². The van der Waals surface area contributed by atoms with Gasteiger partial charge in [-0.15, -0.1) is 12.4 Å². The Bertz CT molecular complexity index is 328. The van der Waals surface area contributed by atoms with E-state index >= 15 is 0 Å². The van der Waals surface area contributed by atoms with E-state index in [0.29, 0.717) is 19.1 Å². The zero-order valence-corrected chi connectivity index (χ0v) is 14.2. The molecule has 1 fully saturated rings. The fourth-order valence-corrected chi connectivity index (χ4v) is 2.37. The highest BCUT2D eigenvalue weighted by molar-refractivity contribution is 5.85. The number of hydrogen-bond donors (Lipinski definition) is 2. The summed E-state index contributed by atoms with van der Waals surface area (Å²) in [6.07, 6.45) is 3.18. The Kier molecular flexibility index (Phi) is 10.4. The van der Waals surface area contributed by atoms with E-state index < -0.39 is 0 Å². The van der Waals surface area contributed by atoms with Crippen LogP contribution >= 0.6 is 12.4 Å². The molecule has 6 nitrogen and oxygen atoms in total. The molecular formula is C14H29ClN4O2. The number of piperidine rings is 1. The topological polar surface area (TPSA) is 64.7 Å². The van der Waals surface area contributed by atoms with Gasteiger partial charge < -0.3 is 15.5 Å². The van der Waals surface area contributed by atoms with Crippen molar-refractivity contribution in [2.45, 2.75) is 32.2 Å². The summed E-state index contributed by atoms with van der Waals surface area (Å²) in [5.41, 5.74) is 0. The van der Waals surface area contributed by atoms with Gasteiger partial charge in [-0.1, -0.05) is 6.92 Å². The van der Waals surface area contributed by atoms with Crippen molar-refractivity contribution in [2.24, 2.45) is 0 Å². The molecule has 1 heterocycles. The maximum Gasteiger partial charge on any atom is 0.239 e. The van der Waals surface area contributed by atoms with Gasteiger partial charge in [0.15, 0.2) is 0 Å². The lowest BCUT2D eigenvalue weighted by molar-refractivity contribution is -0.135. The van der Waals surface area contributed by atoms with Gasteiger partial charge in [0, 0.05) is 26.2 Å². The van der Waals surface area contributed by atoms with Crippen LogP contribution in [0, 0.1) is 0 Å². The highest BCUT2D eigenvalue weighted by Crippen LogP contribution is 2.09. The Morgan fingerprint density at radius 2 is 2.10 bits per heavy atom. The molecule has 1 saturated heterocycles. The first-order valence-corrected chi connectivity index (χ1v) is 7.47. The minimum absolute atomic E-state index is 0. The van der Waals surface area contributed by atoms with E-state index in [1.165, 1.54) is 4.90 Å². The molecule has 0 aromatic carbocycles. The number of hydrogen-bond acceptors (Lipinski definition) is 4. The average Bonchev–Trinajstić information content (AvgIpc) is 2.45. The first kappa shape index (κ1) is 20.1. The Morgan fingerprint density at radius 1 is 1.38 bits per heavy atom. The van der Waals surface area contributed by atoms with Gasteiger partial charge in [0.1, 0.15) is 0 Å². The van der Waals surface area contributed by atoms with Crippen LogP contribution in [-0.4, -0.2) is 74.5 Å². The van der Waals surface area contributed by atoms with Crippen LogP contribution in [0.3, 0.4) is 0 Å². The summed E-state index contributed by atoms with van der Waals surface area (Å²) in [5, 5.41) is 6.04. The van der Waals surface area contributed by atoms with Crippen molar-refractivity contribution in [3.63, 3.8) is 0 Å². The number of halogens is 1. The highest BCUT2D eigenvalue weighted by Gasteiger charge is 2.22. The summed E-state index contributed by atoms with van der Waals surface area (Å²) in [5.74, 6) is -0.0807. The molecule has 124 valence electrons. The molecule has 0 bridgehead atoms. The summed E-state index contributed by atoms with van der Waals surface area (Å²) < 4.78 is 0. The van der Waals surface area contributed by atoms with Crippen molar-refractivity contribution >= 4 is 24.2 Å². The standard InChI is InChI=1S/C14H28N4O2.ClH/c1-4-7-16-13(19)10-17(3)14(20)11-18-8-5-6-12(9-18)15-2;/h12,15H,4-11H2,1-3H3,(H,16,19);1H. The van der Waals surface area contributed by atoms with Gasteiger partial charge in [-0.3, -0.25) is 14.5 Å². The minimum Gasteiger partial charge on any atom is -0.355 e. The molecule has 21 heavy (non-hydrogen) atoms. The van der Waals surface area contributed by atoms with E-state index in [-0.39, 0.29) is 30.8 Å². The van der Waals surface area contributed by atoms with E-state index in [2.05, 4.69) is 15.5 Å². The Labute approximate surface area is 134 Å². The van der Waals surface area contributed by atoms with Gasteiger partial charge >= 0.3 is 0 Å². The lowest BCUT2D eigenvalue weighted by Crippen LogP contribution is -2.49. The van der Waals surface area contributed by atoms with Gasteiger partial charge in [0.05, 0.1) is 13.1 Å². The summed E-state index contributed by atoms with van der Waals surface area (Å²) in [7, 11) is 3.65. The number of carbonyl (C=O) groups is 2. The minimum atomic E-state index is -0.0885. The van der Waals surface area contributed by atoms with Crippen molar-refractivity contribution < 1.29 is 9.59 Å². The van der Waals surface area contributed by atoms with E-state index in [4.69, 9.17) is 0 Å². The molecule has 0 aromatic heterocycles. The van der Waals surface area contributed by atoms with E-state index in [9.17, 15) is 9.59 Å². The zero-order valence-electron chi connectivity index (χ0n) is 13.4. The van der Waals surface area contributed by atoms with Crippen LogP contribution < -0.4 is 10.6 Å². The summed E-state index contributed by atoms with van der Waals surface area (Å²) in [6, 6.07) is 0.467. The summed E-state index contributed by atoms with van der Waals surface area (Å²) >= 11 is 0. The lowest BCUT2D eigenvalue weighted by atomic mass is 10.1. The second-order valence-corrected chi connectivity index (χ2v) is 5.46. The van der Waals surface area contributed by atoms with Crippen LogP contribution in [0.1, 0.15) is 26.2 Å². The predicted octanol–water partition coefficient (Wildman–Crippen LogP) is 0.0766. The van der Waals surface area contributed by atoms with Crippen molar-refractivity contribution in [1.82, 2.24) is 20.4 Å². The van der Waals surface area contributed by atoms with Crippen LogP contribution in [0.15, 0.2) is 0 Å². The molecular weight excluding hydrogens is 292 g/mol. The fraction of sp³-hybridized carbons (Fsp3) is 0.857. The largest absolute Gasteiger partial charge is 0.355 e. The summed E-state index contributed by atoms with van der Waals surface area (Å²) in [4.78, 5) is 27.3. The quantitative estimate of drug-likeness (QED) is 0.697. The van der Waals surface area contributed by atoms with Gasteiger partial charge in [0.25, 0.3) is 0 Å². The molecule has 0 spiro atoms. The molecule has 0 saturated carbocycles. The molecule has 1 unspecified atom stereocenters. The number of nitrogens with one attached hydrogen (secondary N) is 2. The van der Waals surface area contributed by atoms with Gasteiger partial charge in [0.2, 0.25) is 11.8 Å². The monoisotopic (exact) mass is 320 g/mol. The number of likely N-dealkylation sites (N-methyl/N-ethyl adjacent to an activating group) is 2. The Balaban J connectivity index is 0.00000400. The van der Waals surface area contributed by atoms with E-state index in [1.807, 2.05) is 14.0 Å². The molecule has 1 rings (SSSR count).